The van der Waals surface area contributed by atoms with Crippen molar-refractivity contribution in [3.8, 4) is 17.6 Å². The summed E-state index contributed by atoms with van der Waals surface area (Å²) >= 11 is 12.0. The van der Waals surface area contributed by atoms with Crippen molar-refractivity contribution in [2.75, 3.05) is 0 Å². The summed E-state index contributed by atoms with van der Waals surface area (Å²) in [5.41, 5.74) is 0.653. The second-order valence-corrected chi connectivity index (χ2v) is 6.48. The Balaban J connectivity index is 1.81. The summed E-state index contributed by atoms with van der Waals surface area (Å²) in [5.74, 6) is -1.23. The van der Waals surface area contributed by atoms with Crippen LogP contribution < -0.4 is 10.1 Å². The van der Waals surface area contributed by atoms with E-state index in [0.717, 1.165) is 0 Å². The summed E-state index contributed by atoms with van der Waals surface area (Å²) in [6, 6.07) is 14.1. The number of hydrogen-bond donors (Lipinski definition) is 1. The Kier molecular flexibility index (Phi) is 6.09. The third-order valence-electron chi connectivity index (χ3n) is 3.69. The molecule has 0 atom stereocenters. The minimum absolute atomic E-state index is 0.0378. The molecule has 28 heavy (non-hydrogen) atoms. The van der Waals surface area contributed by atoms with Crippen LogP contribution in [-0.4, -0.2) is 10.9 Å². The van der Waals surface area contributed by atoms with Crippen molar-refractivity contribution < 1.29 is 13.9 Å². The van der Waals surface area contributed by atoms with Crippen LogP contribution in [0, 0.1) is 17.1 Å². The van der Waals surface area contributed by atoms with Gasteiger partial charge in [-0.25, -0.2) is 4.39 Å². The highest BCUT2D eigenvalue weighted by molar-refractivity contribution is 6.32. The van der Waals surface area contributed by atoms with Gasteiger partial charge in [-0.1, -0.05) is 35.3 Å². The smallest absolute Gasteiger partial charge is 0.270 e. The summed E-state index contributed by atoms with van der Waals surface area (Å²) in [4.78, 5) is 16.0. The van der Waals surface area contributed by atoms with Crippen molar-refractivity contribution in [3.05, 3.63) is 87.4 Å². The number of carbonyl (C=O) groups is 1. The summed E-state index contributed by atoms with van der Waals surface area (Å²) in [6.45, 7) is -0.0895. The standard InChI is InChI=1S/C20H12Cl2FN3O2/c21-14-7-12(10-24)8-15(9-14)28-19-16(22)5-4-13(18(19)23)11-26-20(27)17-3-1-2-6-25-17/h1-9H,11H2,(H,26,27). The van der Waals surface area contributed by atoms with Gasteiger partial charge < -0.3 is 10.1 Å². The highest BCUT2D eigenvalue weighted by atomic mass is 35.5. The maximum absolute atomic E-state index is 14.9. The first-order chi connectivity index (χ1) is 13.5. The fourth-order valence-electron chi connectivity index (χ4n) is 2.37. The lowest BCUT2D eigenvalue weighted by Crippen LogP contribution is -2.24. The van der Waals surface area contributed by atoms with Crippen LogP contribution in [0.4, 0.5) is 4.39 Å². The monoisotopic (exact) mass is 415 g/mol. The van der Waals surface area contributed by atoms with Crippen molar-refractivity contribution >= 4 is 29.1 Å². The molecular formula is C20H12Cl2FN3O2. The molecule has 0 aliphatic rings. The van der Waals surface area contributed by atoms with Gasteiger partial charge in [0.1, 0.15) is 11.4 Å². The van der Waals surface area contributed by atoms with E-state index in [4.69, 9.17) is 33.2 Å². The van der Waals surface area contributed by atoms with Crippen LogP contribution in [0.5, 0.6) is 11.5 Å². The van der Waals surface area contributed by atoms with Gasteiger partial charge in [-0.3, -0.25) is 9.78 Å². The quantitative estimate of drug-likeness (QED) is 0.627. The number of halogens is 3. The highest BCUT2D eigenvalue weighted by Crippen LogP contribution is 2.35. The predicted octanol–water partition coefficient (Wildman–Crippen LogP) is 5.12. The van der Waals surface area contributed by atoms with Gasteiger partial charge >= 0.3 is 0 Å². The normalized spacial score (nSPS) is 10.2. The Morgan fingerprint density at radius 1 is 1.21 bits per heavy atom. The van der Waals surface area contributed by atoms with Gasteiger partial charge in [0, 0.05) is 23.3 Å². The van der Waals surface area contributed by atoms with E-state index >= 15 is 0 Å². The summed E-state index contributed by atoms with van der Waals surface area (Å²) in [5, 5.41) is 11.9. The number of benzene rings is 2. The van der Waals surface area contributed by atoms with E-state index in [1.54, 1.807) is 18.2 Å². The Bertz CT molecular complexity index is 1070. The fourth-order valence-corrected chi connectivity index (χ4v) is 2.78. The first kappa shape index (κ1) is 19.6. The van der Waals surface area contributed by atoms with Crippen molar-refractivity contribution in [2.24, 2.45) is 0 Å². The molecule has 0 aliphatic heterocycles. The summed E-state index contributed by atoms with van der Waals surface area (Å²) < 4.78 is 20.4. The van der Waals surface area contributed by atoms with Gasteiger partial charge in [-0.05, 0) is 36.4 Å². The Morgan fingerprint density at radius 3 is 2.75 bits per heavy atom. The molecule has 0 saturated carbocycles. The Hall–Kier alpha value is -3.14. The van der Waals surface area contributed by atoms with Gasteiger partial charge in [0.05, 0.1) is 16.7 Å². The number of aromatic nitrogens is 1. The molecule has 5 nitrogen and oxygen atoms in total. The van der Waals surface area contributed by atoms with E-state index in [1.807, 2.05) is 6.07 Å². The minimum Gasteiger partial charge on any atom is -0.453 e. The van der Waals surface area contributed by atoms with E-state index in [0.29, 0.717) is 0 Å². The topological polar surface area (TPSA) is 75.0 Å². The molecule has 0 unspecified atom stereocenters. The van der Waals surface area contributed by atoms with E-state index < -0.39 is 11.7 Å². The van der Waals surface area contributed by atoms with Crippen molar-refractivity contribution in [3.63, 3.8) is 0 Å². The molecule has 1 heterocycles. The molecule has 2 aromatic carbocycles. The molecule has 0 spiro atoms. The number of nitrogens with one attached hydrogen (secondary N) is 1. The lowest BCUT2D eigenvalue weighted by Gasteiger charge is -2.13. The Morgan fingerprint density at radius 2 is 2.04 bits per heavy atom. The molecule has 3 rings (SSSR count). The second kappa shape index (κ2) is 8.70. The molecule has 3 aromatic rings. The van der Waals surface area contributed by atoms with Gasteiger partial charge in [0.15, 0.2) is 11.6 Å². The van der Waals surface area contributed by atoms with Crippen LogP contribution in [0.25, 0.3) is 0 Å². The van der Waals surface area contributed by atoms with Gasteiger partial charge in [0.2, 0.25) is 0 Å². The lowest BCUT2D eigenvalue weighted by atomic mass is 10.2. The third-order valence-corrected chi connectivity index (χ3v) is 4.20. The molecule has 0 bridgehead atoms. The fraction of sp³-hybridized carbons (Fsp3) is 0.0500. The maximum Gasteiger partial charge on any atom is 0.270 e. The van der Waals surface area contributed by atoms with Gasteiger partial charge in [-0.15, -0.1) is 0 Å². The predicted molar refractivity (Wildman–Crippen MR) is 103 cm³/mol. The molecular weight excluding hydrogens is 404 g/mol. The van der Waals surface area contributed by atoms with Crippen molar-refractivity contribution in [2.45, 2.75) is 6.54 Å². The first-order valence-corrected chi connectivity index (χ1v) is 8.78. The van der Waals surface area contributed by atoms with Crippen LogP contribution in [0.3, 0.4) is 0 Å². The number of nitrogens with zero attached hydrogens (tertiary/aromatic N) is 2. The SMILES string of the molecule is N#Cc1cc(Cl)cc(Oc2c(Cl)ccc(CNC(=O)c3ccccn3)c2F)c1. The van der Waals surface area contributed by atoms with E-state index in [9.17, 15) is 9.18 Å². The molecule has 0 aliphatic carbocycles. The average molecular weight is 416 g/mol. The van der Waals surface area contributed by atoms with E-state index in [-0.39, 0.29) is 44.9 Å². The molecule has 0 saturated heterocycles. The van der Waals surface area contributed by atoms with Crippen LogP contribution in [0.15, 0.2) is 54.7 Å². The number of nitriles is 1. The number of hydrogen-bond acceptors (Lipinski definition) is 4. The number of ether oxygens (including phenoxy) is 1. The zero-order chi connectivity index (χ0) is 20.1. The van der Waals surface area contributed by atoms with Crippen LogP contribution in [0.2, 0.25) is 10.0 Å². The maximum atomic E-state index is 14.9. The van der Waals surface area contributed by atoms with Gasteiger partial charge in [0.25, 0.3) is 5.91 Å². The number of pyridine rings is 1. The second-order valence-electron chi connectivity index (χ2n) is 5.64. The van der Waals surface area contributed by atoms with E-state index in [1.165, 1.54) is 36.5 Å². The molecule has 0 radical (unpaired) electrons. The summed E-state index contributed by atoms with van der Waals surface area (Å²) in [6.07, 6.45) is 1.49. The third kappa shape index (κ3) is 4.58. The lowest BCUT2D eigenvalue weighted by molar-refractivity contribution is 0.0945. The largest absolute Gasteiger partial charge is 0.453 e. The molecule has 1 amide bonds. The minimum atomic E-state index is -0.729. The van der Waals surface area contributed by atoms with Crippen LogP contribution in [-0.2, 0) is 6.54 Å². The number of amides is 1. The zero-order valence-corrected chi connectivity index (χ0v) is 15.8. The zero-order valence-electron chi connectivity index (χ0n) is 14.2. The molecule has 0 fully saturated rings. The summed E-state index contributed by atoms with van der Waals surface area (Å²) in [7, 11) is 0. The molecule has 1 aromatic heterocycles. The molecule has 1 N–H and O–H groups in total. The molecule has 8 heteroatoms. The van der Waals surface area contributed by atoms with Crippen LogP contribution >= 0.6 is 23.2 Å². The van der Waals surface area contributed by atoms with E-state index in [2.05, 4.69) is 10.3 Å². The Labute approximate surface area is 170 Å². The highest BCUT2D eigenvalue weighted by Gasteiger charge is 2.17. The van der Waals surface area contributed by atoms with Gasteiger partial charge in [-0.2, -0.15) is 5.26 Å². The van der Waals surface area contributed by atoms with Crippen molar-refractivity contribution in [1.82, 2.24) is 10.3 Å². The number of rotatable bonds is 5. The van der Waals surface area contributed by atoms with Crippen LogP contribution in [0.1, 0.15) is 21.6 Å². The number of carbonyl (C=O) groups excluding carboxylic acids is 1. The van der Waals surface area contributed by atoms with Crippen molar-refractivity contribution in [1.29, 1.82) is 5.26 Å². The average Bonchev–Trinajstić information content (AvgIpc) is 2.70. The molecule has 140 valence electrons. The first-order valence-electron chi connectivity index (χ1n) is 8.02.